The molecule has 5 heteroatoms. The molecule has 1 aromatic rings. The molecule has 0 aromatic heterocycles. The minimum absolute atomic E-state index is 0.00618. The largest absolute Gasteiger partial charge is 0.393 e. The van der Waals surface area contributed by atoms with Crippen molar-refractivity contribution in [2.75, 3.05) is 18.0 Å². The fourth-order valence-electron chi connectivity index (χ4n) is 2.65. The van der Waals surface area contributed by atoms with Gasteiger partial charge in [0.25, 0.3) is 0 Å². The molecule has 1 heterocycles. The zero-order valence-electron chi connectivity index (χ0n) is 11.7. The average Bonchev–Trinajstić information content (AvgIpc) is 2.46. The number of nitrogens with zero attached hydrogens (tertiary/aromatic N) is 1. The minimum atomic E-state index is -4.09. The van der Waals surface area contributed by atoms with Crippen LogP contribution in [0.25, 0.3) is 0 Å². The number of hydrogen-bond donors (Lipinski definition) is 1. The molecule has 1 fully saturated rings. The molecular weight excluding hydrogens is 265 g/mol. The second-order valence-corrected chi connectivity index (χ2v) is 5.43. The maximum absolute atomic E-state index is 12.8. The highest BCUT2D eigenvalue weighted by Gasteiger charge is 2.41. The number of rotatable bonds is 3. The Morgan fingerprint density at radius 2 is 1.95 bits per heavy atom. The Labute approximate surface area is 117 Å². The number of halogens is 3. The molecule has 2 nitrogen and oxygen atoms in total. The molecule has 0 radical (unpaired) electrons. The van der Waals surface area contributed by atoms with E-state index in [0.717, 1.165) is 17.7 Å². The van der Waals surface area contributed by atoms with Crippen LogP contribution in [0.1, 0.15) is 37.8 Å². The highest BCUT2D eigenvalue weighted by atomic mass is 19.4. The van der Waals surface area contributed by atoms with Gasteiger partial charge in [-0.15, -0.1) is 0 Å². The van der Waals surface area contributed by atoms with Crippen LogP contribution in [0.4, 0.5) is 18.9 Å². The Hall–Kier alpha value is -1.23. The van der Waals surface area contributed by atoms with E-state index < -0.39 is 12.1 Å². The first-order chi connectivity index (χ1) is 9.41. The van der Waals surface area contributed by atoms with Crippen molar-refractivity contribution in [3.8, 4) is 0 Å². The van der Waals surface area contributed by atoms with E-state index >= 15 is 0 Å². The third-order valence-corrected chi connectivity index (χ3v) is 4.01. The fraction of sp³-hybridized carbons (Fsp3) is 0.600. The monoisotopic (exact) mass is 286 g/mol. The lowest BCUT2D eigenvalue weighted by Gasteiger charge is -2.35. The summed E-state index contributed by atoms with van der Waals surface area (Å²) in [5, 5.41) is 0. The van der Waals surface area contributed by atoms with Gasteiger partial charge in [0.1, 0.15) is 0 Å². The molecule has 1 saturated heterocycles. The highest BCUT2D eigenvalue weighted by molar-refractivity contribution is 5.48. The summed E-state index contributed by atoms with van der Waals surface area (Å²) in [5.41, 5.74) is 7.82. The van der Waals surface area contributed by atoms with Gasteiger partial charge in [0, 0.05) is 24.8 Å². The van der Waals surface area contributed by atoms with Crippen LogP contribution in [0.2, 0.25) is 0 Å². The summed E-state index contributed by atoms with van der Waals surface area (Å²) in [7, 11) is 0. The molecule has 2 N–H and O–H groups in total. The second kappa shape index (κ2) is 6.04. The first kappa shape index (κ1) is 15.2. The van der Waals surface area contributed by atoms with E-state index in [1.165, 1.54) is 0 Å². The quantitative estimate of drug-likeness (QED) is 0.913. The van der Waals surface area contributed by atoms with Crippen molar-refractivity contribution < 1.29 is 13.2 Å². The zero-order valence-corrected chi connectivity index (χ0v) is 11.7. The molecule has 0 amide bonds. The van der Waals surface area contributed by atoms with Crippen molar-refractivity contribution in [3.05, 3.63) is 29.8 Å². The smallest absolute Gasteiger partial charge is 0.371 e. The topological polar surface area (TPSA) is 29.3 Å². The number of anilines is 1. The van der Waals surface area contributed by atoms with Gasteiger partial charge in [-0.1, -0.05) is 19.1 Å². The first-order valence-corrected chi connectivity index (χ1v) is 7.09. The molecular formula is C15H21F3N2. The van der Waals surface area contributed by atoms with Crippen molar-refractivity contribution >= 4 is 5.69 Å². The number of hydrogen-bond acceptors (Lipinski definition) is 2. The fourth-order valence-corrected chi connectivity index (χ4v) is 2.65. The Kier molecular flexibility index (Phi) is 4.58. The van der Waals surface area contributed by atoms with Gasteiger partial charge in [0.15, 0.2) is 0 Å². The number of alkyl halides is 3. The van der Waals surface area contributed by atoms with E-state index in [1.807, 2.05) is 36.1 Å². The maximum atomic E-state index is 12.8. The molecule has 0 spiro atoms. The van der Waals surface area contributed by atoms with E-state index in [4.69, 9.17) is 5.73 Å². The molecule has 1 aliphatic rings. The molecule has 1 aliphatic heterocycles. The maximum Gasteiger partial charge on any atom is 0.393 e. The van der Waals surface area contributed by atoms with E-state index in [0.29, 0.717) is 13.0 Å². The SMILES string of the molecule is CC[C@H](N)c1ccc(N2CCCC(C(F)(F)F)C2)cc1. The summed E-state index contributed by atoms with van der Waals surface area (Å²) in [6.07, 6.45) is -2.43. The number of nitrogens with two attached hydrogens (primary N) is 1. The van der Waals surface area contributed by atoms with Crippen molar-refractivity contribution in [1.82, 2.24) is 0 Å². The Balaban J connectivity index is 2.07. The molecule has 2 rings (SSSR count). The van der Waals surface area contributed by atoms with E-state index in [1.54, 1.807) is 0 Å². The van der Waals surface area contributed by atoms with Gasteiger partial charge in [0.2, 0.25) is 0 Å². The third-order valence-electron chi connectivity index (χ3n) is 4.01. The van der Waals surface area contributed by atoms with Gasteiger partial charge < -0.3 is 10.6 Å². The van der Waals surface area contributed by atoms with E-state index in [9.17, 15) is 13.2 Å². The summed E-state index contributed by atoms with van der Waals surface area (Å²) in [4.78, 5) is 1.82. The van der Waals surface area contributed by atoms with E-state index in [-0.39, 0.29) is 19.0 Å². The van der Waals surface area contributed by atoms with Crippen LogP contribution < -0.4 is 10.6 Å². The zero-order chi connectivity index (χ0) is 14.8. The standard InChI is InChI=1S/C15H21F3N2/c1-2-14(19)11-5-7-13(8-6-11)20-9-3-4-12(10-20)15(16,17)18/h5-8,12,14H,2-4,9-10,19H2,1H3/t12?,14-/m0/s1. The van der Waals surface area contributed by atoms with Crippen LogP contribution in [0.15, 0.2) is 24.3 Å². The molecule has 1 aromatic carbocycles. The lowest BCUT2D eigenvalue weighted by molar-refractivity contribution is -0.175. The average molecular weight is 286 g/mol. The van der Waals surface area contributed by atoms with E-state index in [2.05, 4.69) is 0 Å². The van der Waals surface area contributed by atoms with Crippen molar-refractivity contribution in [1.29, 1.82) is 0 Å². The molecule has 0 bridgehead atoms. The third kappa shape index (κ3) is 3.45. The summed E-state index contributed by atoms with van der Waals surface area (Å²) < 4.78 is 38.4. The highest BCUT2D eigenvalue weighted by Crippen LogP contribution is 2.34. The van der Waals surface area contributed by atoms with Crippen molar-refractivity contribution in [3.63, 3.8) is 0 Å². The van der Waals surface area contributed by atoms with Gasteiger partial charge in [-0.05, 0) is 37.0 Å². The summed E-state index contributed by atoms with van der Waals surface area (Å²) in [6.45, 7) is 2.76. The van der Waals surface area contributed by atoms with Gasteiger partial charge >= 0.3 is 6.18 Å². The molecule has 112 valence electrons. The Bertz CT molecular complexity index is 428. The van der Waals surface area contributed by atoms with Crippen LogP contribution in [0.5, 0.6) is 0 Å². The lowest BCUT2D eigenvalue weighted by Crippen LogP contribution is -2.41. The van der Waals surface area contributed by atoms with Crippen molar-refractivity contribution in [2.45, 2.75) is 38.4 Å². The molecule has 1 unspecified atom stereocenters. The van der Waals surface area contributed by atoms with Crippen LogP contribution in [0.3, 0.4) is 0 Å². The molecule has 0 aliphatic carbocycles. The number of piperidine rings is 1. The predicted molar refractivity (Wildman–Crippen MR) is 74.7 cm³/mol. The van der Waals surface area contributed by atoms with Crippen LogP contribution in [-0.4, -0.2) is 19.3 Å². The second-order valence-electron chi connectivity index (χ2n) is 5.43. The minimum Gasteiger partial charge on any atom is -0.371 e. The molecule has 20 heavy (non-hydrogen) atoms. The Morgan fingerprint density at radius 3 is 2.50 bits per heavy atom. The van der Waals surface area contributed by atoms with Crippen molar-refractivity contribution in [2.24, 2.45) is 11.7 Å². The van der Waals surface area contributed by atoms with Crippen LogP contribution in [-0.2, 0) is 0 Å². The van der Waals surface area contributed by atoms with Gasteiger partial charge in [-0.2, -0.15) is 13.2 Å². The number of benzene rings is 1. The summed E-state index contributed by atoms with van der Waals surface area (Å²) in [6, 6.07) is 7.59. The van der Waals surface area contributed by atoms with Crippen LogP contribution in [0, 0.1) is 5.92 Å². The first-order valence-electron chi connectivity index (χ1n) is 7.09. The molecule has 2 atom stereocenters. The van der Waals surface area contributed by atoms with Gasteiger partial charge in [0.05, 0.1) is 5.92 Å². The summed E-state index contributed by atoms with van der Waals surface area (Å²) in [5.74, 6) is -1.21. The van der Waals surface area contributed by atoms with Gasteiger partial charge in [-0.3, -0.25) is 0 Å². The van der Waals surface area contributed by atoms with Gasteiger partial charge in [-0.25, -0.2) is 0 Å². The molecule has 0 saturated carbocycles. The Morgan fingerprint density at radius 1 is 1.30 bits per heavy atom. The predicted octanol–water partition coefficient (Wildman–Crippen LogP) is 3.88. The summed E-state index contributed by atoms with van der Waals surface area (Å²) >= 11 is 0. The normalized spacial score (nSPS) is 21.9. The lowest BCUT2D eigenvalue weighted by atomic mass is 9.96. The van der Waals surface area contributed by atoms with Crippen LogP contribution >= 0.6 is 0 Å².